The molecule has 1 aromatic rings. The first-order valence-electron chi connectivity index (χ1n) is 5.90. The minimum absolute atomic E-state index is 0.468. The van der Waals surface area contributed by atoms with E-state index in [0.29, 0.717) is 18.5 Å². The quantitative estimate of drug-likeness (QED) is 0.289. The Morgan fingerprint density at radius 2 is 2.35 bits per heavy atom. The number of nitrogens with zero attached hydrogens (tertiary/aromatic N) is 4. The molecule has 1 heterocycles. The lowest BCUT2D eigenvalue weighted by atomic mass is 10.2. The standard InChI is InChI=1S/C10H19N7/c1-17-7-13-16-9(17)6-12-10(15-11)14-8-4-2-3-5-8/h7-8H,2-6,11H2,1H3,(H2,12,14,15). The Morgan fingerprint density at radius 3 is 2.94 bits per heavy atom. The number of aromatic nitrogens is 3. The fourth-order valence-corrected chi connectivity index (χ4v) is 2.00. The number of hydrazine groups is 1. The molecule has 2 rings (SSSR count). The number of aryl methyl sites for hydroxylation is 1. The van der Waals surface area contributed by atoms with Crippen molar-refractivity contribution in [3.63, 3.8) is 0 Å². The lowest BCUT2D eigenvalue weighted by Crippen LogP contribution is -2.45. The van der Waals surface area contributed by atoms with E-state index in [4.69, 9.17) is 5.84 Å². The summed E-state index contributed by atoms with van der Waals surface area (Å²) in [6.45, 7) is 0.468. The van der Waals surface area contributed by atoms with Crippen molar-refractivity contribution in [3.8, 4) is 0 Å². The van der Waals surface area contributed by atoms with Gasteiger partial charge in [-0.05, 0) is 12.8 Å². The predicted octanol–water partition coefficient (Wildman–Crippen LogP) is -0.333. The second kappa shape index (κ2) is 5.62. The molecule has 0 spiro atoms. The van der Waals surface area contributed by atoms with Crippen LogP contribution in [0.25, 0.3) is 0 Å². The summed E-state index contributed by atoms with van der Waals surface area (Å²) in [5.74, 6) is 6.88. The zero-order valence-electron chi connectivity index (χ0n) is 10.1. The third-order valence-electron chi connectivity index (χ3n) is 3.02. The maximum absolute atomic E-state index is 5.44. The van der Waals surface area contributed by atoms with Crippen molar-refractivity contribution in [1.29, 1.82) is 0 Å². The van der Waals surface area contributed by atoms with Gasteiger partial charge in [0.25, 0.3) is 0 Å². The van der Waals surface area contributed by atoms with Crippen LogP contribution in [0, 0.1) is 0 Å². The zero-order chi connectivity index (χ0) is 12.1. The van der Waals surface area contributed by atoms with Crippen molar-refractivity contribution in [3.05, 3.63) is 12.2 Å². The van der Waals surface area contributed by atoms with Crippen LogP contribution in [0.4, 0.5) is 0 Å². The monoisotopic (exact) mass is 237 g/mol. The number of nitrogens with one attached hydrogen (secondary N) is 2. The van der Waals surface area contributed by atoms with E-state index in [-0.39, 0.29) is 0 Å². The van der Waals surface area contributed by atoms with E-state index in [1.807, 2.05) is 11.6 Å². The number of aliphatic imine (C=N–C) groups is 1. The Bertz CT molecular complexity index is 378. The lowest BCUT2D eigenvalue weighted by Gasteiger charge is -2.14. The highest BCUT2D eigenvalue weighted by Crippen LogP contribution is 2.17. The Morgan fingerprint density at radius 1 is 1.59 bits per heavy atom. The first-order chi connectivity index (χ1) is 8.29. The van der Waals surface area contributed by atoms with Crippen LogP contribution in [0.3, 0.4) is 0 Å². The number of hydrogen-bond acceptors (Lipinski definition) is 4. The average Bonchev–Trinajstić information content (AvgIpc) is 2.96. The summed E-state index contributed by atoms with van der Waals surface area (Å²) >= 11 is 0. The maximum Gasteiger partial charge on any atom is 0.206 e. The van der Waals surface area contributed by atoms with E-state index < -0.39 is 0 Å². The van der Waals surface area contributed by atoms with Crippen molar-refractivity contribution < 1.29 is 0 Å². The van der Waals surface area contributed by atoms with Crippen LogP contribution >= 0.6 is 0 Å². The third-order valence-corrected chi connectivity index (χ3v) is 3.02. The highest BCUT2D eigenvalue weighted by Gasteiger charge is 2.15. The van der Waals surface area contributed by atoms with Gasteiger partial charge in [0.1, 0.15) is 12.9 Å². The van der Waals surface area contributed by atoms with Gasteiger partial charge < -0.3 is 9.88 Å². The summed E-state index contributed by atoms with van der Waals surface area (Å²) in [6.07, 6.45) is 6.58. The van der Waals surface area contributed by atoms with Crippen molar-refractivity contribution in [2.24, 2.45) is 17.9 Å². The van der Waals surface area contributed by atoms with Gasteiger partial charge in [0.2, 0.25) is 5.96 Å². The molecular formula is C10H19N7. The zero-order valence-corrected chi connectivity index (χ0v) is 10.1. The second-order valence-electron chi connectivity index (χ2n) is 4.29. The van der Waals surface area contributed by atoms with Crippen molar-refractivity contribution in [1.82, 2.24) is 25.5 Å². The SMILES string of the molecule is Cn1cnnc1CN=C(NN)NC1CCCC1. The molecule has 0 aliphatic heterocycles. The van der Waals surface area contributed by atoms with E-state index in [9.17, 15) is 0 Å². The van der Waals surface area contributed by atoms with Crippen molar-refractivity contribution in [2.75, 3.05) is 0 Å². The normalized spacial score (nSPS) is 17.4. The smallest absolute Gasteiger partial charge is 0.206 e. The Balaban J connectivity index is 1.90. The van der Waals surface area contributed by atoms with Gasteiger partial charge in [-0.3, -0.25) is 5.43 Å². The van der Waals surface area contributed by atoms with Crippen LogP contribution in [-0.4, -0.2) is 26.8 Å². The minimum atomic E-state index is 0.468. The van der Waals surface area contributed by atoms with E-state index >= 15 is 0 Å². The summed E-state index contributed by atoms with van der Waals surface area (Å²) < 4.78 is 1.84. The van der Waals surface area contributed by atoms with E-state index in [1.165, 1.54) is 25.7 Å². The molecule has 1 saturated carbocycles. The number of hydrogen-bond donors (Lipinski definition) is 3. The van der Waals surface area contributed by atoms with Gasteiger partial charge in [0.05, 0.1) is 0 Å². The summed E-state index contributed by atoms with van der Waals surface area (Å²) in [5.41, 5.74) is 2.59. The number of rotatable bonds is 3. The van der Waals surface area contributed by atoms with Gasteiger partial charge in [-0.15, -0.1) is 10.2 Å². The summed E-state index contributed by atoms with van der Waals surface area (Å²) in [6, 6.07) is 0.490. The molecule has 17 heavy (non-hydrogen) atoms. The average molecular weight is 237 g/mol. The molecule has 0 unspecified atom stereocenters. The van der Waals surface area contributed by atoms with Crippen LogP contribution in [0.15, 0.2) is 11.3 Å². The summed E-state index contributed by atoms with van der Waals surface area (Å²) in [4.78, 5) is 4.36. The Hall–Kier alpha value is -1.63. The molecule has 0 radical (unpaired) electrons. The van der Waals surface area contributed by atoms with Crippen LogP contribution in [0.1, 0.15) is 31.5 Å². The lowest BCUT2D eigenvalue weighted by molar-refractivity contribution is 0.613. The van der Waals surface area contributed by atoms with Crippen LogP contribution in [0.5, 0.6) is 0 Å². The molecule has 7 nitrogen and oxygen atoms in total. The first-order valence-corrected chi connectivity index (χ1v) is 5.90. The molecule has 0 bridgehead atoms. The molecule has 0 amide bonds. The second-order valence-corrected chi connectivity index (χ2v) is 4.29. The van der Waals surface area contributed by atoms with Crippen molar-refractivity contribution >= 4 is 5.96 Å². The molecule has 0 aromatic carbocycles. The fourth-order valence-electron chi connectivity index (χ4n) is 2.00. The molecule has 94 valence electrons. The van der Waals surface area contributed by atoms with Gasteiger partial charge in [-0.25, -0.2) is 10.8 Å². The minimum Gasteiger partial charge on any atom is -0.353 e. The maximum atomic E-state index is 5.44. The molecule has 0 saturated heterocycles. The van der Waals surface area contributed by atoms with Gasteiger partial charge in [0, 0.05) is 13.1 Å². The Labute approximate surface area is 100 Å². The number of guanidine groups is 1. The van der Waals surface area contributed by atoms with Gasteiger partial charge in [0.15, 0.2) is 5.82 Å². The van der Waals surface area contributed by atoms with E-state index in [0.717, 1.165) is 5.82 Å². The molecular weight excluding hydrogens is 218 g/mol. The highest BCUT2D eigenvalue weighted by atomic mass is 15.3. The largest absolute Gasteiger partial charge is 0.353 e. The molecule has 1 aliphatic rings. The van der Waals surface area contributed by atoms with Crippen LogP contribution in [0.2, 0.25) is 0 Å². The van der Waals surface area contributed by atoms with Gasteiger partial charge >= 0.3 is 0 Å². The van der Waals surface area contributed by atoms with Crippen molar-refractivity contribution in [2.45, 2.75) is 38.3 Å². The third kappa shape index (κ3) is 3.16. The van der Waals surface area contributed by atoms with Crippen LogP contribution in [-0.2, 0) is 13.6 Å². The van der Waals surface area contributed by atoms with E-state index in [2.05, 4.69) is 25.9 Å². The predicted molar refractivity (Wildman–Crippen MR) is 64.9 cm³/mol. The molecule has 4 N–H and O–H groups in total. The van der Waals surface area contributed by atoms with Crippen LogP contribution < -0.4 is 16.6 Å². The van der Waals surface area contributed by atoms with E-state index in [1.54, 1.807) is 6.33 Å². The summed E-state index contributed by atoms with van der Waals surface area (Å²) in [5, 5.41) is 11.1. The highest BCUT2D eigenvalue weighted by molar-refractivity contribution is 5.79. The fraction of sp³-hybridized carbons (Fsp3) is 0.700. The molecule has 1 aromatic heterocycles. The van der Waals surface area contributed by atoms with Gasteiger partial charge in [-0.2, -0.15) is 0 Å². The summed E-state index contributed by atoms with van der Waals surface area (Å²) in [7, 11) is 1.89. The molecule has 7 heteroatoms. The Kier molecular flexibility index (Phi) is 3.92. The number of nitrogens with two attached hydrogens (primary N) is 1. The molecule has 1 aliphatic carbocycles. The topological polar surface area (TPSA) is 93.2 Å². The molecule has 0 atom stereocenters. The molecule has 1 fully saturated rings. The first kappa shape index (κ1) is 11.8. The van der Waals surface area contributed by atoms with Gasteiger partial charge in [-0.1, -0.05) is 12.8 Å².